The molecular formula is C17H21N. The second kappa shape index (κ2) is 5.11. The minimum atomic E-state index is 0.625. The van der Waals surface area contributed by atoms with Gasteiger partial charge in [-0.3, -0.25) is 0 Å². The van der Waals surface area contributed by atoms with Crippen LogP contribution in [0.2, 0.25) is 0 Å². The first-order valence-corrected chi connectivity index (χ1v) is 7.09. The van der Waals surface area contributed by atoms with Crippen LogP contribution in [0.3, 0.4) is 0 Å². The van der Waals surface area contributed by atoms with Crippen molar-refractivity contribution in [3.63, 3.8) is 0 Å². The summed E-state index contributed by atoms with van der Waals surface area (Å²) in [6.07, 6.45) is 6.95. The van der Waals surface area contributed by atoms with E-state index in [4.69, 9.17) is 5.73 Å². The molecule has 0 aromatic heterocycles. The molecule has 94 valence electrons. The Labute approximate surface area is 109 Å². The molecule has 2 N–H and O–H groups in total. The van der Waals surface area contributed by atoms with Gasteiger partial charge in [0.25, 0.3) is 0 Å². The van der Waals surface area contributed by atoms with Crippen LogP contribution in [-0.2, 0) is 6.54 Å². The molecule has 0 amide bonds. The van der Waals surface area contributed by atoms with Gasteiger partial charge in [0, 0.05) is 6.54 Å². The smallest absolute Gasteiger partial charge is 0.0178 e. The van der Waals surface area contributed by atoms with E-state index in [1.807, 2.05) is 0 Å². The largest absolute Gasteiger partial charge is 0.326 e. The Bertz CT molecular complexity index is 538. The lowest BCUT2D eigenvalue weighted by molar-refractivity contribution is 0.444. The van der Waals surface area contributed by atoms with Crippen molar-refractivity contribution in [3.8, 4) is 0 Å². The molecule has 2 aromatic rings. The first kappa shape index (κ1) is 11.7. The highest BCUT2D eigenvalue weighted by Crippen LogP contribution is 2.34. The molecule has 1 aliphatic rings. The number of fused-ring (bicyclic) bond motifs is 1. The zero-order valence-electron chi connectivity index (χ0n) is 10.9. The minimum absolute atomic E-state index is 0.625. The van der Waals surface area contributed by atoms with Crippen molar-refractivity contribution in [1.82, 2.24) is 0 Å². The molecule has 0 atom stereocenters. The van der Waals surface area contributed by atoms with E-state index in [1.54, 1.807) is 0 Å². The lowest BCUT2D eigenvalue weighted by Gasteiger charge is -2.22. The van der Waals surface area contributed by atoms with Crippen LogP contribution >= 0.6 is 0 Å². The van der Waals surface area contributed by atoms with Gasteiger partial charge in [0.1, 0.15) is 0 Å². The van der Waals surface area contributed by atoms with E-state index >= 15 is 0 Å². The summed E-state index contributed by atoms with van der Waals surface area (Å²) in [6.45, 7) is 0.625. The molecule has 0 radical (unpaired) electrons. The van der Waals surface area contributed by atoms with Crippen LogP contribution in [0.4, 0.5) is 0 Å². The molecular weight excluding hydrogens is 218 g/mol. The van der Waals surface area contributed by atoms with Crippen molar-refractivity contribution in [2.75, 3.05) is 0 Å². The lowest BCUT2D eigenvalue weighted by Crippen LogP contribution is -2.04. The molecule has 18 heavy (non-hydrogen) atoms. The summed E-state index contributed by atoms with van der Waals surface area (Å²) in [5.41, 5.74) is 8.43. The summed E-state index contributed by atoms with van der Waals surface area (Å²) in [4.78, 5) is 0. The van der Waals surface area contributed by atoms with Crippen LogP contribution in [0.5, 0.6) is 0 Å². The first-order chi connectivity index (χ1) is 8.86. The zero-order valence-corrected chi connectivity index (χ0v) is 10.9. The fourth-order valence-corrected chi connectivity index (χ4v) is 3.13. The molecule has 0 heterocycles. The van der Waals surface area contributed by atoms with Gasteiger partial charge in [-0.15, -0.1) is 0 Å². The van der Waals surface area contributed by atoms with Gasteiger partial charge in [0.15, 0.2) is 0 Å². The third-order valence-corrected chi connectivity index (χ3v) is 4.24. The molecule has 0 spiro atoms. The van der Waals surface area contributed by atoms with E-state index in [2.05, 4.69) is 36.4 Å². The standard InChI is InChI=1S/C17H21N/c18-12-13-6-7-17-11-16(9-8-15(17)10-13)14-4-2-1-3-5-14/h6-11,14H,1-5,12,18H2. The van der Waals surface area contributed by atoms with Gasteiger partial charge in [-0.1, -0.05) is 49.6 Å². The van der Waals surface area contributed by atoms with Crippen molar-refractivity contribution in [2.24, 2.45) is 5.73 Å². The Kier molecular flexibility index (Phi) is 3.33. The summed E-state index contributed by atoms with van der Waals surface area (Å²) in [5.74, 6) is 0.789. The van der Waals surface area contributed by atoms with E-state index in [0.717, 1.165) is 5.92 Å². The molecule has 1 saturated carbocycles. The maximum absolute atomic E-state index is 5.69. The van der Waals surface area contributed by atoms with Gasteiger partial charge in [-0.05, 0) is 46.7 Å². The fourth-order valence-electron chi connectivity index (χ4n) is 3.13. The zero-order chi connectivity index (χ0) is 12.4. The van der Waals surface area contributed by atoms with Crippen molar-refractivity contribution in [3.05, 3.63) is 47.5 Å². The molecule has 1 aliphatic carbocycles. The van der Waals surface area contributed by atoms with Gasteiger partial charge in [0.2, 0.25) is 0 Å². The second-order valence-electron chi connectivity index (χ2n) is 5.48. The topological polar surface area (TPSA) is 26.0 Å². The first-order valence-electron chi connectivity index (χ1n) is 7.09. The van der Waals surface area contributed by atoms with E-state index < -0.39 is 0 Å². The quantitative estimate of drug-likeness (QED) is 0.828. The summed E-state index contributed by atoms with van der Waals surface area (Å²) in [6, 6.07) is 13.5. The molecule has 1 heteroatoms. The highest BCUT2D eigenvalue weighted by Gasteiger charge is 2.15. The van der Waals surface area contributed by atoms with Crippen LogP contribution in [0.25, 0.3) is 10.8 Å². The monoisotopic (exact) mass is 239 g/mol. The maximum atomic E-state index is 5.69. The summed E-state index contributed by atoms with van der Waals surface area (Å²) >= 11 is 0. The highest BCUT2D eigenvalue weighted by atomic mass is 14.5. The Balaban J connectivity index is 1.95. The number of benzene rings is 2. The summed E-state index contributed by atoms with van der Waals surface area (Å²) in [7, 11) is 0. The molecule has 0 unspecified atom stereocenters. The Morgan fingerprint density at radius 3 is 2.39 bits per heavy atom. The molecule has 0 aliphatic heterocycles. The fraction of sp³-hybridized carbons (Fsp3) is 0.412. The molecule has 3 rings (SSSR count). The average Bonchev–Trinajstić information content (AvgIpc) is 2.47. The normalized spacial score (nSPS) is 17.2. The Morgan fingerprint density at radius 1 is 0.889 bits per heavy atom. The van der Waals surface area contributed by atoms with E-state index in [-0.39, 0.29) is 0 Å². The van der Waals surface area contributed by atoms with Gasteiger partial charge in [0.05, 0.1) is 0 Å². The predicted octanol–water partition coefficient (Wildman–Crippen LogP) is 4.35. The number of hydrogen-bond donors (Lipinski definition) is 1. The lowest BCUT2D eigenvalue weighted by atomic mass is 9.83. The van der Waals surface area contributed by atoms with Gasteiger partial charge in [-0.2, -0.15) is 0 Å². The average molecular weight is 239 g/mol. The third-order valence-electron chi connectivity index (χ3n) is 4.24. The van der Waals surface area contributed by atoms with E-state index in [1.165, 1.54) is 54.0 Å². The Morgan fingerprint density at radius 2 is 1.61 bits per heavy atom. The summed E-state index contributed by atoms with van der Waals surface area (Å²) < 4.78 is 0. The van der Waals surface area contributed by atoms with Crippen LogP contribution < -0.4 is 5.73 Å². The van der Waals surface area contributed by atoms with E-state index in [0.29, 0.717) is 6.54 Å². The van der Waals surface area contributed by atoms with E-state index in [9.17, 15) is 0 Å². The molecule has 0 saturated heterocycles. The second-order valence-corrected chi connectivity index (χ2v) is 5.48. The number of rotatable bonds is 2. The number of nitrogens with two attached hydrogens (primary N) is 1. The molecule has 1 nitrogen and oxygen atoms in total. The van der Waals surface area contributed by atoms with Gasteiger partial charge in [-0.25, -0.2) is 0 Å². The highest BCUT2D eigenvalue weighted by molar-refractivity contribution is 5.84. The third kappa shape index (κ3) is 2.28. The van der Waals surface area contributed by atoms with Crippen molar-refractivity contribution in [1.29, 1.82) is 0 Å². The van der Waals surface area contributed by atoms with Crippen LogP contribution in [0.1, 0.15) is 49.1 Å². The summed E-state index contributed by atoms with van der Waals surface area (Å²) in [5, 5.41) is 2.67. The minimum Gasteiger partial charge on any atom is -0.326 e. The molecule has 0 bridgehead atoms. The van der Waals surface area contributed by atoms with Crippen molar-refractivity contribution in [2.45, 2.75) is 44.6 Å². The SMILES string of the molecule is NCc1ccc2cc(C3CCCCC3)ccc2c1. The number of hydrogen-bond acceptors (Lipinski definition) is 1. The molecule has 2 aromatic carbocycles. The van der Waals surface area contributed by atoms with Crippen LogP contribution in [-0.4, -0.2) is 0 Å². The van der Waals surface area contributed by atoms with Crippen LogP contribution in [0, 0.1) is 0 Å². The Hall–Kier alpha value is -1.34. The molecule has 1 fully saturated rings. The van der Waals surface area contributed by atoms with Gasteiger partial charge < -0.3 is 5.73 Å². The van der Waals surface area contributed by atoms with Crippen molar-refractivity contribution >= 4 is 10.8 Å². The van der Waals surface area contributed by atoms with Crippen LogP contribution in [0.15, 0.2) is 36.4 Å². The predicted molar refractivity (Wildman–Crippen MR) is 77.7 cm³/mol. The van der Waals surface area contributed by atoms with Crippen molar-refractivity contribution < 1.29 is 0 Å². The maximum Gasteiger partial charge on any atom is 0.0178 e. The van der Waals surface area contributed by atoms with Gasteiger partial charge >= 0.3 is 0 Å².